The Morgan fingerprint density at radius 3 is 2.90 bits per heavy atom. The first kappa shape index (κ1) is 14.5. The highest BCUT2D eigenvalue weighted by Crippen LogP contribution is 2.15. The fraction of sp³-hybridized carbons (Fsp3) is 0.214. The van der Waals surface area contributed by atoms with Crippen molar-refractivity contribution >= 4 is 21.8 Å². The number of aryl methyl sites for hydroxylation is 1. The van der Waals surface area contributed by atoms with Crippen LogP contribution in [0.4, 0.5) is 0 Å². The van der Waals surface area contributed by atoms with Crippen molar-refractivity contribution in [3.63, 3.8) is 0 Å². The van der Waals surface area contributed by atoms with Gasteiger partial charge in [-0.05, 0) is 35.0 Å². The third kappa shape index (κ3) is 3.33. The van der Waals surface area contributed by atoms with Crippen molar-refractivity contribution in [1.29, 1.82) is 0 Å². The van der Waals surface area contributed by atoms with Crippen molar-refractivity contribution in [2.75, 3.05) is 6.54 Å². The van der Waals surface area contributed by atoms with Gasteiger partial charge in [-0.3, -0.25) is 14.2 Å². The van der Waals surface area contributed by atoms with Gasteiger partial charge in [-0.1, -0.05) is 12.1 Å². The minimum absolute atomic E-state index is 0.0878. The molecule has 1 amide bonds. The average Bonchev–Trinajstić information content (AvgIpc) is 2.44. The van der Waals surface area contributed by atoms with Gasteiger partial charge in [-0.2, -0.15) is 0 Å². The van der Waals surface area contributed by atoms with Gasteiger partial charge < -0.3 is 5.32 Å². The number of carbonyl (C=O) groups is 1. The Labute approximate surface area is 124 Å². The summed E-state index contributed by atoms with van der Waals surface area (Å²) in [6.07, 6.45) is 3.00. The van der Waals surface area contributed by atoms with Gasteiger partial charge in [0.25, 0.3) is 11.5 Å². The smallest absolute Gasteiger partial charge is 0.256 e. The van der Waals surface area contributed by atoms with E-state index in [0.29, 0.717) is 24.2 Å². The van der Waals surface area contributed by atoms with E-state index in [-0.39, 0.29) is 11.5 Å². The monoisotopic (exact) mass is 335 g/mol. The molecule has 0 unspecified atom stereocenters. The van der Waals surface area contributed by atoms with Crippen molar-refractivity contribution in [2.24, 2.45) is 0 Å². The van der Waals surface area contributed by atoms with Crippen molar-refractivity contribution < 1.29 is 4.79 Å². The largest absolute Gasteiger partial charge is 0.350 e. The molecule has 0 saturated carbocycles. The Kier molecular flexibility index (Phi) is 4.68. The summed E-state index contributed by atoms with van der Waals surface area (Å²) in [5.74, 6) is -0.175. The number of nitrogens with one attached hydrogen (secondary N) is 1. The number of amides is 1. The van der Waals surface area contributed by atoms with Gasteiger partial charge in [0.05, 0.1) is 11.9 Å². The average molecular weight is 336 g/mol. The van der Waals surface area contributed by atoms with Gasteiger partial charge in [0.1, 0.15) is 0 Å². The zero-order valence-corrected chi connectivity index (χ0v) is 12.6. The molecule has 104 valence electrons. The Bertz CT molecular complexity index is 682. The molecule has 2 rings (SSSR count). The van der Waals surface area contributed by atoms with Crippen LogP contribution in [0.5, 0.6) is 0 Å². The second-order valence-electron chi connectivity index (χ2n) is 4.31. The number of nitrogens with zero attached hydrogens (tertiary/aromatic N) is 2. The number of halogens is 1. The summed E-state index contributed by atoms with van der Waals surface area (Å²) in [6.45, 7) is 2.47. The van der Waals surface area contributed by atoms with E-state index in [1.54, 1.807) is 19.1 Å². The second kappa shape index (κ2) is 6.47. The molecule has 0 radical (unpaired) electrons. The highest BCUT2D eigenvalue weighted by Gasteiger charge is 2.08. The molecule has 20 heavy (non-hydrogen) atoms. The van der Waals surface area contributed by atoms with E-state index in [4.69, 9.17) is 0 Å². The lowest BCUT2D eigenvalue weighted by atomic mass is 10.2. The van der Waals surface area contributed by atoms with Gasteiger partial charge in [-0.15, -0.1) is 0 Å². The number of rotatable bonds is 4. The van der Waals surface area contributed by atoms with E-state index < -0.39 is 0 Å². The van der Waals surface area contributed by atoms with E-state index in [9.17, 15) is 9.59 Å². The van der Waals surface area contributed by atoms with Crippen molar-refractivity contribution in [3.8, 4) is 0 Å². The molecule has 0 saturated heterocycles. The normalized spacial score (nSPS) is 10.3. The molecular formula is C14H14BrN3O2. The lowest BCUT2D eigenvalue weighted by Crippen LogP contribution is -2.31. The summed E-state index contributed by atoms with van der Waals surface area (Å²) in [4.78, 5) is 27.7. The van der Waals surface area contributed by atoms with Gasteiger partial charge in [0.2, 0.25) is 0 Å². The van der Waals surface area contributed by atoms with Crippen molar-refractivity contribution in [1.82, 2.24) is 14.9 Å². The molecule has 1 aromatic carbocycles. The molecule has 0 spiro atoms. The van der Waals surface area contributed by atoms with Crippen LogP contribution < -0.4 is 10.9 Å². The Morgan fingerprint density at radius 2 is 2.15 bits per heavy atom. The van der Waals surface area contributed by atoms with Crippen molar-refractivity contribution in [2.45, 2.75) is 13.5 Å². The van der Waals surface area contributed by atoms with Crippen LogP contribution in [0, 0.1) is 6.92 Å². The van der Waals surface area contributed by atoms with Crippen LogP contribution in [0.2, 0.25) is 0 Å². The van der Waals surface area contributed by atoms with Gasteiger partial charge in [-0.25, -0.2) is 4.98 Å². The molecule has 1 N–H and O–H groups in total. The van der Waals surface area contributed by atoms with Gasteiger partial charge in [0.15, 0.2) is 0 Å². The van der Waals surface area contributed by atoms with Crippen LogP contribution in [0.3, 0.4) is 0 Å². The highest BCUT2D eigenvalue weighted by molar-refractivity contribution is 9.10. The van der Waals surface area contributed by atoms with Crippen LogP contribution in [0.15, 0.2) is 46.1 Å². The summed E-state index contributed by atoms with van der Waals surface area (Å²) in [5.41, 5.74) is 1.07. The molecule has 0 aliphatic heterocycles. The predicted octanol–water partition coefficient (Wildman–Crippen LogP) is 1.74. The number of carbonyl (C=O) groups excluding carboxylic acids is 1. The fourth-order valence-corrected chi connectivity index (χ4v) is 2.21. The van der Waals surface area contributed by atoms with E-state index >= 15 is 0 Å². The first-order valence-electron chi connectivity index (χ1n) is 6.13. The summed E-state index contributed by atoms with van der Waals surface area (Å²) >= 11 is 3.33. The van der Waals surface area contributed by atoms with Crippen molar-refractivity contribution in [3.05, 3.63) is 62.7 Å². The van der Waals surface area contributed by atoms with Crippen LogP contribution in [-0.4, -0.2) is 22.0 Å². The SMILES string of the molecule is Cc1cncn(CCNC(=O)c2ccccc2Br)c1=O. The first-order chi connectivity index (χ1) is 9.59. The molecule has 2 aromatic rings. The molecule has 0 bridgehead atoms. The quantitative estimate of drug-likeness (QED) is 0.925. The summed E-state index contributed by atoms with van der Waals surface area (Å²) in [5, 5.41) is 2.78. The summed E-state index contributed by atoms with van der Waals surface area (Å²) in [6, 6.07) is 7.19. The fourth-order valence-electron chi connectivity index (χ4n) is 1.75. The van der Waals surface area contributed by atoms with E-state index in [1.807, 2.05) is 12.1 Å². The Hall–Kier alpha value is -1.95. The topological polar surface area (TPSA) is 64.0 Å². The lowest BCUT2D eigenvalue weighted by Gasteiger charge is -2.08. The van der Waals surface area contributed by atoms with Crippen LogP contribution >= 0.6 is 15.9 Å². The molecule has 0 atom stereocenters. The zero-order chi connectivity index (χ0) is 14.5. The lowest BCUT2D eigenvalue weighted by molar-refractivity contribution is 0.0951. The molecule has 6 heteroatoms. The van der Waals surface area contributed by atoms with Gasteiger partial charge >= 0.3 is 0 Å². The third-order valence-corrected chi connectivity index (χ3v) is 3.52. The van der Waals surface area contributed by atoms with E-state index in [0.717, 1.165) is 4.47 Å². The molecular weight excluding hydrogens is 322 g/mol. The van der Waals surface area contributed by atoms with Crippen LogP contribution in [0.25, 0.3) is 0 Å². The van der Waals surface area contributed by atoms with E-state index in [1.165, 1.54) is 17.1 Å². The molecule has 1 heterocycles. The predicted molar refractivity (Wildman–Crippen MR) is 79.7 cm³/mol. The molecule has 5 nitrogen and oxygen atoms in total. The highest BCUT2D eigenvalue weighted by atomic mass is 79.9. The molecule has 0 fully saturated rings. The van der Waals surface area contributed by atoms with Crippen LogP contribution in [-0.2, 0) is 6.54 Å². The zero-order valence-electron chi connectivity index (χ0n) is 11.0. The number of hydrogen-bond donors (Lipinski definition) is 1. The number of aromatic nitrogens is 2. The number of benzene rings is 1. The minimum atomic E-state index is -0.175. The molecule has 0 aliphatic carbocycles. The summed E-state index contributed by atoms with van der Waals surface area (Å²) in [7, 11) is 0. The summed E-state index contributed by atoms with van der Waals surface area (Å²) < 4.78 is 2.22. The first-order valence-corrected chi connectivity index (χ1v) is 6.92. The third-order valence-electron chi connectivity index (χ3n) is 2.83. The van der Waals surface area contributed by atoms with E-state index in [2.05, 4.69) is 26.2 Å². The van der Waals surface area contributed by atoms with Crippen LogP contribution in [0.1, 0.15) is 15.9 Å². The maximum absolute atomic E-state index is 12.0. The molecule has 0 aliphatic rings. The minimum Gasteiger partial charge on any atom is -0.350 e. The Morgan fingerprint density at radius 1 is 1.40 bits per heavy atom. The number of hydrogen-bond acceptors (Lipinski definition) is 3. The van der Waals surface area contributed by atoms with Gasteiger partial charge in [0, 0.05) is 29.3 Å². The standard InChI is InChI=1S/C14H14BrN3O2/c1-10-8-16-9-18(14(10)20)7-6-17-13(19)11-4-2-3-5-12(11)15/h2-5,8-9H,6-7H2,1H3,(H,17,19). The maximum atomic E-state index is 12.0. The Balaban J connectivity index is 1.97. The second-order valence-corrected chi connectivity index (χ2v) is 5.17. The molecule has 1 aromatic heterocycles. The maximum Gasteiger partial charge on any atom is 0.256 e.